The molecule has 1 aromatic rings. The van der Waals surface area contributed by atoms with E-state index in [0.29, 0.717) is 5.56 Å². The van der Waals surface area contributed by atoms with Gasteiger partial charge < -0.3 is 14.9 Å². The lowest BCUT2D eigenvalue weighted by atomic mass is 10.2. The number of aliphatic hydroxyl groups excluding tert-OH is 1. The Hall–Kier alpha value is -1.15. The fraction of sp³-hybridized carbons (Fsp3) is 0.111. The summed E-state index contributed by atoms with van der Waals surface area (Å²) in [5.41, 5.74) is 0.617. The maximum absolute atomic E-state index is 10.3. The van der Waals surface area contributed by atoms with Gasteiger partial charge in [0.1, 0.15) is 0 Å². The Morgan fingerprint density at radius 3 is 2.40 bits per heavy atom. The Kier molecular flexibility index (Phi) is 4.04. The first-order chi connectivity index (χ1) is 6.97. The van der Waals surface area contributed by atoms with Crippen molar-refractivity contribution in [2.75, 3.05) is 0 Å². The van der Waals surface area contributed by atoms with E-state index in [-0.39, 0.29) is 0 Å². The fourth-order valence-electron chi connectivity index (χ4n) is 0.823. The van der Waals surface area contributed by atoms with E-state index in [9.17, 15) is 4.57 Å². The van der Waals surface area contributed by atoms with Crippen LogP contribution in [0.1, 0.15) is 5.56 Å². The van der Waals surface area contributed by atoms with Crippen molar-refractivity contribution in [3.63, 3.8) is 0 Å². The van der Waals surface area contributed by atoms with Gasteiger partial charge in [-0.25, -0.2) is 9.09 Å². The molecule has 0 bridgehead atoms. The molecule has 0 aromatic heterocycles. The summed E-state index contributed by atoms with van der Waals surface area (Å²) in [7, 11) is -4.70. The monoisotopic (exact) mass is 228 g/mol. The predicted molar refractivity (Wildman–Crippen MR) is 52.5 cm³/mol. The molecule has 1 rings (SSSR count). The van der Waals surface area contributed by atoms with Crippen LogP contribution in [0.5, 0.6) is 0 Å². The average Bonchev–Trinajstić information content (AvgIpc) is 2.14. The van der Waals surface area contributed by atoms with Gasteiger partial charge in [-0.1, -0.05) is 24.1 Å². The predicted octanol–water partition coefficient (Wildman–Crippen LogP) is 0.466. The molecule has 0 radical (unpaired) electrons. The maximum atomic E-state index is 10.3. The van der Waals surface area contributed by atoms with Gasteiger partial charge in [-0.2, -0.15) is 0 Å². The molecular weight excluding hydrogens is 219 g/mol. The van der Waals surface area contributed by atoms with Crippen LogP contribution in [-0.2, 0) is 9.09 Å². The highest BCUT2D eigenvalue weighted by molar-refractivity contribution is 7.46. The van der Waals surface area contributed by atoms with E-state index in [1.807, 2.05) is 0 Å². The zero-order chi connectivity index (χ0) is 11.3. The standard InChI is InChI=1S/C9H9O5P/c10-9(14-15(11,12)13)7-6-8-4-2-1-3-5-8/h1-5,9-10H,(H2,11,12,13). The molecule has 1 atom stereocenters. The summed E-state index contributed by atoms with van der Waals surface area (Å²) in [6.07, 6.45) is -1.80. The van der Waals surface area contributed by atoms with Crippen molar-refractivity contribution in [1.29, 1.82) is 0 Å². The number of hydrogen-bond acceptors (Lipinski definition) is 3. The summed E-state index contributed by atoms with van der Waals surface area (Å²) < 4.78 is 14.2. The van der Waals surface area contributed by atoms with E-state index >= 15 is 0 Å². The molecule has 0 amide bonds. The Morgan fingerprint density at radius 2 is 1.87 bits per heavy atom. The molecule has 15 heavy (non-hydrogen) atoms. The summed E-state index contributed by atoms with van der Waals surface area (Å²) in [6, 6.07) is 8.68. The third-order valence-corrected chi connectivity index (χ3v) is 1.83. The summed E-state index contributed by atoms with van der Waals surface area (Å²) in [4.78, 5) is 16.7. The number of phosphoric ester groups is 1. The molecule has 0 aliphatic heterocycles. The first-order valence-electron chi connectivity index (χ1n) is 3.96. The van der Waals surface area contributed by atoms with Gasteiger partial charge in [-0.05, 0) is 18.1 Å². The highest BCUT2D eigenvalue weighted by Crippen LogP contribution is 2.36. The normalized spacial score (nSPS) is 12.7. The minimum atomic E-state index is -4.70. The second kappa shape index (κ2) is 5.08. The molecule has 5 nitrogen and oxygen atoms in total. The van der Waals surface area contributed by atoms with Gasteiger partial charge >= 0.3 is 7.82 Å². The third-order valence-electron chi connectivity index (χ3n) is 1.35. The molecule has 0 spiro atoms. The lowest BCUT2D eigenvalue weighted by Gasteiger charge is -2.05. The first-order valence-corrected chi connectivity index (χ1v) is 5.49. The van der Waals surface area contributed by atoms with E-state index in [1.165, 1.54) is 0 Å². The number of phosphoric acid groups is 1. The number of benzene rings is 1. The minimum Gasteiger partial charge on any atom is -0.358 e. The molecular formula is C9H9O5P. The molecule has 0 aliphatic carbocycles. The second-order valence-electron chi connectivity index (χ2n) is 2.58. The van der Waals surface area contributed by atoms with Gasteiger partial charge in [-0.15, -0.1) is 0 Å². The molecule has 0 saturated heterocycles. The number of aliphatic hydroxyl groups is 1. The van der Waals surface area contributed by atoms with Crippen molar-refractivity contribution in [3.05, 3.63) is 35.9 Å². The lowest BCUT2D eigenvalue weighted by Crippen LogP contribution is -2.06. The van der Waals surface area contributed by atoms with Crippen LogP contribution in [0, 0.1) is 11.8 Å². The summed E-state index contributed by atoms with van der Waals surface area (Å²) in [5.74, 6) is 4.65. The molecule has 6 heteroatoms. The zero-order valence-electron chi connectivity index (χ0n) is 7.57. The fourth-order valence-corrected chi connectivity index (χ4v) is 1.14. The van der Waals surface area contributed by atoms with Crippen molar-refractivity contribution >= 4 is 7.82 Å². The highest BCUT2D eigenvalue weighted by atomic mass is 31.2. The van der Waals surface area contributed by atoms with E-state index < -0.39 is 14.1 Å². The van der Waals surface area contributed by atoms with Crippen molar-refractivity contribution in [2.45, 2.75) is 6.29 Å². The van der Waals surface area contributed by atoms with Gasteiger partial charge in [0.15, 0.2) is 0 Å². The molecule has 0 fully saturated rings. The summed E-state index contributed by atoms with van der Waals surface area (Å²) in [5, 5.41) is 8.96. The van der Waals surface area contributed by atoms with Crippen LogP contribution in [0.2, 0.25) is 0 Å². The topological polar surface area (TPSA) is 87.0 Å². The molecule has 1 aromatic carbocycles. The molecule has 3 N–H and O–H groups in total. The second-order valence-corrected chi connectivity index (χ2v) is 3.78. The minimum absolute atomic E-state index is 0.617. The first kappa shape index (κ1) is 11.9. The van der Waals surface area contributed by atoms with Crippen LogP contribution in [0.15, 0.2) is 30.3 Å². The molecule has 0 aliphatic rings. The SMILES string of the molecule is O=P(O)(O)OC(O)C#Cc1ccccc1. The van der Waals surface area contributed by atoms with Gasteiger partial charge in [0, 0.05) is 5.56 Å². The van der Waals surface area contributed by atoms with Gasteiger partial charge in [0.2, 0.25) is 6.29 Å². The van der Waals surface area contributed by atoms with Gasteiger partial charge in [0.25, 0.3) is 0 Å². The van der Waals surface area contributed by atoms with Gasteiger partial charge in [-0.3, -0.25) is 0 Å². The van der Waals surface area contributed by atoms with E-state index in [1.54, 1.807) is 30.3 Å². The number of hydrogen-bond donors (Lipinski definition) is 3. The van der Waals surface area contributed by atoms with Crippen molar-refractivity contribution in [3.8, 4) is 11.8 Å². The van der Waals surface area contributed by atoms with Crippen LogP contribution < -0.4 is 0 Å². The maximum Gasteiger partial charge on any atom is 0.472 e. The van der Waals surface area contributed by atoms with Crippen LogP contribution in [0.25, 0.3) is 0 Å². The summed E-state index contributed by atoms with van der Waals surface area (Å²) in [6.45, 7) is 0. The largest absolute Gasteiger partial charge is 0.472 e. The van der Waals surface area contributed by atoms with Crippen molar-refractivity contribution in [2.24, 2.45) is 0 Å². The van der Waals surface area contributed by atoms with Crippen LogP contribution >= 0.6 is 7.82 Å². The van der Waals surface area contributed by atoms with Gasteiger partial charge in [0.05, 0.1) is 0 Å². The molecule has 80 valence electrons. The van der Waals surface area contributed by atoms with E-state index in [0.717, 1.165) is 0 Å². The smallest absolute Gasteiger partial charge is 0.358 e. The van der Waals surface area contributed by atoms with E-state index in [2.05, 4.69) is 16.4 Å². The third kappa shape index (κ3) is 5.33. The number of rotatable bonds is 2. The van der Waals surface area contributed by atoms with Crippen molar-refractivity contribution in [1.82, 2.24) is 0 Å². The van der Waals surface area contributed by atoms with Crippen LogP contribution in [0.4, 0.5) is 0 Å². The van der Waals surface area contributed by atoms with Crippen LogP contribution in [-0.4, -0.2) is 21.2 Å². The van der Waals surface area contributed by atoms with E-state index in [4.69, 9.17) is 14.9 Å². The molecule has 0 saturated carbocycles. The molecule has 0 heterocycles. The molecule has 1 unspecified atom stereocenters. The quantitative estimate of drug-likeness (QED) is 0.389. The summed E-state index contributed by atoms with van der Waals surface area (Å²) >= 11 is 0. The Morgan fingerprint density at radius 1 is 1.27 bits per heavy atom. The zero-order valence-corrected chi connectivity index (χ0v) is 8.46. The average molecular weight is 228 g/mol. The Labute approximate surface area is 86.6 Å². The van der Waals surface area contributed by atoms with Crippen LogP contribution in [0.3, 0.4) is 0 Å². The Balaban J connectivity index is 2.63. The highest BCUT2D eigenvalue weighted by Gasteiger charge is 2.18. The van der Waals surface area contributed by atoms with Crippen molar-refractivity contribution < 1.29 is 24.0 Å². The Bertz CT molecular complexity index is 413. The lowest BCUT2D eigenvalue weighted by molar-refractivity contribution is 0.00904.